The monoisotopic (exact) mass is 335 g/mol. The minimum atomic E-state index is -0.202. The molecule has 0 aromatic heterocycles. The lowest BCUT2D eigenvalue weighted by Crippen LogP contribution is -2.41. The van der Waals surface area contributed by atoms with Crippen LogP contribution in [0, 0.1) is 0 Å². The normalized spacial score (nSPS) is 19.6. The van der Waals surface area contributed by atoms with Gasteiger partial charge in [0.25, 0.3) is 0 Å². The van der Waals surface area contributed by atoms with E-state index in [1.807, 2.05) is 0 Å². The number of ether oxygens (including phenoxy) is 2. The third kappa shape index (κ3) is 9.66. The Hall–Kier alpha value is 0.0900. The first-order chi connectivity index (χ1) is 10.2. The summed E-state index contributed by atoms with van der Waals surface area (Å²) in [6.45, 7) is 8.18. The number of carbonyl (C=O) groups excluding carboxylic acids is 1. The van der Waals surface area contributed by atoms with Crippen molar-refractivity contribution in [2.75, 3.05) is 44.4 Å². The van der Waals surface area contributed by atoms with Gasteiger partial charge in [-0.2, -0.15) is 0 Å². The summed E-state index contributed by atoms with van der Waals surface area (Å²) in [5.74, 6) is 1.63. The standard InChI is InChI=1S/C15H29NO3S2/c1-3-15-6-4-5-7-16(15)8-9-18-10-12-20-21-13-11-19-14(2)17/h15H,3-13H2,1-2H3. The van der Waals surface area contributed by atoms with Gasteiger partial charge in [0.1, 0.15) is 6.61 Å². The van der Waals surface area contributed by atoms with Gasteiger partial charge in [-0.15, -0.1) is 0 Å². The Bertz CT molecular complexity index is 280. The van der Waals surface area contributed by atoms with Crippen molar-refractivity contribution in [1.82, 2.24) is 4.90 Å². The van der Waals surface area contributed by atoms with Gasteiger partial charge in [-0.25, -0.2) is 0 Å². The Morgan fingerprint density at radius 1 is 1.19 bits per heavy atom. The molecule has 0 bridgehead atoms. The van der Waals surface area contributed by atoms with Gasteiger partial charge < -0.3 is 9.47 Å². The third-order valence-corrected chi connectivity index (χ3v) is 5.94. The quantitative estimate of drug-likeness (QED) is 0.328. The van der Waals surface area contributed by atoms with Crippen molar-refractivity contribution in [3.8, 4) is 0 Å². The highest BCUT2D eigenvalue weighted by atomic mass is 33.1. The highest BCUT2D eigenvalue weighted by Gasteiger charge is 2.19. The molecule has 0 aliphatic carbocycles. The van der Waals surface area contributed by atoms with E-state index in [1.54, 1.807) is 21.6 Å². The van der Waals surface area contributed by atoms with Crippen LogP contribution in [0.3, 0.4) is 0 Å². The van der Waals surface area contributed by atoms with Gasteiger partial charge in [-0.1, -0.05) is 34.9 Å². The van der Waals surface area contributed by atoms with Crippen LogP contribution in [0.2, 0.25) is 0 Å². The molecule has 0 aromatic carbocycles. The summed E-state index contributed by atoms with van der Waals surface area (Å²) in [5, 5.41) is 0. The molecular formula is C15H29NO3S2. The second kappa shape index (κ2) is 12.6. The van der Waals surface area contributed by atoms with Crippen molar-refractivity contribution in [3.05, 3.63) is 0 Å². The largest absolute Gasteiger partial charge is 0.465 e. The molecule has 6 heteroatoms. The minimum absolute atomic E-state index is 0.202. The van der Waals surface area contributed by atoms with E-state index in [-0.39, 0.29) is 5.97 Å². The van der Waals surface area contributed by atoms with E-state index < -0.39 is 0 Å². The smallest absolute Gasteiger partial charge is 0.302 e. The second-order valence-electron chi connectivity index (χ2n) is 5.19. The molecule has 1 aliphatic rings. The van der Waals surface area contributed by atoms with E-state index in [0.29, 0.717) is 6.61 Å². The van der Waals surface area contributed by atoms with E-state index in [2.05, 4.69) is 11.8 Å². The number of hydrogen-bond acceptors (Lipinski definition) is 6. The fourth-order valence-corrected chi connectivity index (χ4v) is 4.22. The van der Waals surface area contributed by atoms with Crippen LogP contribution in [-0.2, 0) is 14.3 Å². The summed E-state index contributed by atoms with van der Waals surface area (Å²) in [5.41, 5.74) is 0. The molecule has 21 heavy (non-hydrogen) atoms. The lowest BCUT2D eigenvalue weighted by atomic mass is 10.0. The van der Waals surface area contributed by atoms with Crippen LogP contribution in [0.4, 0.5) is 0 Å². The van der Waals surface area contributed by atoms with E-state index in [4.69, 9.17) is 9.47 Å². The molecule has 1 unspecified atom stereocenters. The number of hydrogen-bond donors (Lipinski definition) is 0. The molecule has 0 saturated carbocycles. The molecule has 1 aliphatic heterocycles. The van der Waals surface area contributed by atoms with Gasteiger partial charge >= 0.3 is 5.97 Å². The van der Waals surface area contributed by atoms with Crippen molar-refractivity contribution in [1.29, 1.82) is 0 Å². The molecule has 1 rings (SSSR count). The predicted octanol–water partition coefficient (Wildman–Crippen LogP) is 3.21. The minimum Gasteiger partial charge on any atom is -0.465 e. The molecule has 0 aromatic rings. The zero-order chi connectivity index (χ0) is 15.3. The number of esters is 1. The fraction of sp³-hybridized carbons (Fsp3) is 0.933. The average Bonchev–Trinajstić information content (AvgIpc) is 2.49. The molecule has 1 saturated heterocycles. The van der Waals surface area contributed by atoms with Crippen molar-refractivity contribution < 1.29 is 14.3 Å². The molecule has 1 fully saturated rings. The Labute approximate surface area is 137 Å². The second-order valence-corrected chi connectivity index (χ2v) is 7.89. The van der Waals surface area contributed by atoms with E-state index >= 15 is 0 Å². The molecule has 0 spiro atoms. The summed E-state index contributed by atoms with van der Waals surface area (Å²) in [4.78, 5) is 13.2. The number of nitrogens with zero attached hydrogens (tertiary/aromatic N) is 1. The van der Waals surface area contributed by atoms with Crippen LogP contribution >= 0.6 is 21.6 Å². The zero-order valence-corrected chi connectivity index (χ0v) is 15.0. The van der Waals surface area contributed by atoms with E-state index in [9.17, 15) is 4.79 Å². The Kier molecular flexibility index (Phi) is 11.5. The van der Waals surface area contributed by atoms with Crippen LogP contribution in [0.25, 0.3) is 0 Å². The summed E-state index contributed by atoms with van der Waals surface area (Å²) in [6, 6.07) is 0.772. The highest BCUT2D eigenvalue weighted by Crippen LogP contribution is 2.20. The maximum atomic E-state index is 10.6. The van der Waals surface area contributed by atoms with Gasteiger partial charge in [0.15, 0.2) is 0 Å². The number of likely N-dealkylation sites (tertiary alicyclic amines) is 1. The van der Waals surface area contributed by atoms with Gasteiger partial charge in [0, 0.05) is 31.0 Å². The Balaban J connectivity index is 1.87. The third-order valence-electron chi connectivity index (χ3n) is 3.61. The maximum absolute atomic E-state index is 10.6. The van der Waals surface area contributed by atoms with Crippen molar-refractivity contribution in [2.45, 2.75) is 45.6 Å². The van der Waals surface area contributed by atoms with Gasteiger partial charge in [-0.05, 0) is 25.8 Å². The number of rotatable bonds is 11. The van der Waals surface area contributed by atoms with Crippen LogP contribution in [0.15, 0.2) is 0 Å². The molecule has 4 nitrogen and oxygen atoms in total. The first kappa shape index (κ1) is 19.1. The average molecular weight is 336 g/mol. The van der Waals surface area contributed by atoms with Gasteiger partial charge in [0.05, 0.1) is 13.2 Å². The lowest BCUT2D eigenvalue weighted by Gasteiger charge is -2.35. The summed E-state index contributed by atoms with van der Waals surface area (Å²) < 4.78 is 10.6. The molecule has 1 heterocycles. The van der Waals surface area contributed by atoms with Crippen LogP contribution in [0.5, 0.6) is 0 Å². The van der Waals surface area contributed by atoms with Crippen LogP contribution < -0.4 is 0 Å². The molecule has 124 valence electrons. The summed E-state index contributed by atoms with van der Waals surface area (Å²) in [7, 11) is 3.52. The first-order valence-electron chi connectivity index (χ1n) is 7.93. The zero-order valence-electron chi connectivity index (χ0n) is 13.3. The van der Waals surface area contributed by atoms with Crippen molar-refractivity contribution >= 4 is 27.6 Å². The van der Waals surface area contributed by atoms with Gasteiger partial charge in [-0.3, -0.25) is 9.69 Å². The lowest BCUT2D eigenvalue weighted by molar-refractivity contribution is -0.140. The fourth-order valence-electron chi connectivity index (χ4n) is 2.53. The SMILES string of the molecule is CCC1CCCCN1CCOCCSSCCOC(C)=O. The number of carbonyl (C=O) groups is 1. The topological polar surface area (TPSA) is 38.8 Å². The maximum Gasteiger partial charge on any atom is 0.302 e. The Morgan fingerprint density at radius 3 is 2.67 bits per heavy atom. The van der Waals surface area contributed by atoms with Crippen molar-refractivity contribution in [2.24, 2.45) is 0 Å². The van der Waals surface area contributed by atoms with E-state index in [1.165, 1.54) is 39.2 Å². The van der Waals surface area contributed by atoms with Crippen molar-refractivity contribution in [3.63, 3.8) is 0 Å². The predicted molar refractivity (Wildman–Crippen MR) is 91.9 cm³/mol. The van der Waals surface area contributed by atoms with Gasteiger partial charge in [0.2, 0.25) is 0 Å². The highest BCUT2D eigenvalue weighted by molar-refractivity contribution is 8.76. The first-order valence-corrected chi connectivity index (χ1v) is 10.4. The number of piperidine rings is 1. The van der Waals surface area contributed by atoms with Crippen LogP contribution in [0.1, 0.15) is 39.5 Å². The molecule has 0 amide bonds. The molecular weight excluding hydrogens is 306 g/mol. The molecule has 0 radical (unpaired) electrons. The molecule has 0 N–H and O–H groups in total. The van der Waals surface area contributed by atoms with E-state index in [0.717, 1.165) is 37.3 Å². The summed E-state index contributed by atoms with van der Waals surface area (Å²) in [6.07, 6.45) is 5.34. The molecule has 1 atom stereocenters. The Morgan fingerprint density at radius 2 is 1.95 bits per heavy atom. The summed E-state index contributed by atoms with van der Waals surface area (Å²) >= 11 is 0. The van der Waals surface area contributed by atoms with Crippen LogP contribution in [-0.4, -0.2) is 61.3 Å².